The Labute approximate surface area is 76.1 Å². The second kappa shape index (κ2) is 4.64. The van der Waals surface area contributed by atoms with Gasteiger partial charge >= 0.3 is 0 Å². The normalized spacial score (nSPS) is 24.2. The second-order valence-electron chi connectivity index (χ2n) is 2.65. The van der Waals surface area contributed by atoms with Crippen molar-refractivity contribution >= 4 is 17.5 Å². The van der Waals surface area contributed by atoms with Crippen molar-refractivity contribution in [3.8, 4) is 0 Å². The summed E-state index contributed by atoms with van der Waals surface area (Å²) in [5.41, 5.74) is 0. The topological polar surface area (TPSA) is 49.8 Å². The number of halogens is 1. The van der Waals surface area contributed by atoms with Gasteiger partial charge in [0.15, 0.2) is 0 Å². The van der Waals surface area contributed by atoms with Gasteiger partial charge in [-0.2, -0.15) is 0 Å². The van der Waals surface area contributed by atoms with Crippen LogP contribution < -0.4 is 0 Å². The van der Waals surface area contributed by atoms with Gasteiger partial charge in [0.2, 0.25) is 5.91 Å². The third-order valence-corrected chi connectivity index (χ3v) is 2.04. The minimum atomic E-state index is -0.245. The zero-order valence-corrected chi connectivity index (χ0v) is 7.46. The molecule has 1 heterocycles. The summed E-state index contributed by atoms with van der Waals surface area (Å²) < 4.78 is 5.17. The second-order valence-corrected chi connectivity index (χ2v) is 2.92. The van der Waals surface area contributed by atoms with Crippen LogP contribution in [0.15, 0.2) is 0 Å². The first-order valence-corrected chi connectivity index (χ1v) is 4.37. The molecule has 1 aliphatic rings. The molecular formula is C7H12ClNO3. The maximum atomic E-state index is 11.1. The van der Waals surface area contributed by atoms with Crippen LogP contribution in [-0.4, -0.2) is 54.2 Å². The first kappa shape index (κ1) is 9.77. The van der Waals surface area contributed by atoms with E-state index in [1.165, 1.54) is 0 Å². The van der Waals surface area contributed by atoms with Crippen molar-refractivity contribution in [1.29, 1.82) is 0 Å². The molecule has 0 aromatic heterocycles. The molecule has 70 valence electrons. The molecular weight excluding hydrogens is 182 g/mol. The van der Waals surface area contributed by atoms with E-state index in [4.69, 9.17) is 21.4 Å². The molecule has 1 aliphatic heterocycles. The Morgan fingerprint density at radius 2 is 2.50 bits per heavy atom. The fourth-order valence-electron chi connectivity index (χ4n) is 1.14. The van der Waals surface area contributed by atoms with Gasteiger partial charge in [0.05, 0.1) is 19.3 Å². The molecule has 5 heteroatoms. The lowest BCUT2D eigenvalue weighted by atomic mass is 10.3. The van der Waals surface area contributed by atoms with E-state index in [0.29, 0.717) is 19.7 Å². The lowest BCUT2D eigenvalue weighted by Crippen LogP contribution is -2.47. The van der Waals surface area contributed by atoms with Crippen LogP contribution in [0.2, 0.25) is 0 Å². The summed E-state index contributed by atoms with van der Waals surface area (Å²) in [7, 11) is 0. The number of hydrogen-bond donors (Lipinski definition) is 1. The number of carbonyl (C=O) groups excluding carboxylic acids is 1. The third kappa shape index (κ3) is 2.33. The van der Waals surface area contributed by atoms with Crippen LogP contribution in [0.5, 0.6) is 0 Å². The first-order chi connectivity index (χ1) is 5.77. The monoisotopic (exact) mass is 193 g/mol. The molecule has 1 saturated heterocycles. The Morgan fingerprint density at radius 1 is 1.75 bits per heavy atom. The molecule has 4 nitrogen and oxygen atoms in total. The molecule has 1 unspecified atom stereocenters. The molecule has 0 saturated carbocycles. The van der Waals surface area contributed by atoms with E-state index >= 15 is 0 Å². The van der Waals surface area contributed by atoms with Gasteiger partial charge in [-0.3, -0.25) is 4.79 Å². The highest BCUT2D eigenvalue weighted by Crippen LogP contribution is 2.05. The summed E-state index contributed by atoms with van der Waals surface area (Å²) in [5, 5.41) is 8.77. The lowest BCUT2D eigenvalue weighted by Gasteiger charge is -2.31. The summed E-state index contributed by atoms with van der Waals surface area (Å²) in [5.74, 6) is -0.101. The SMILES string of the molecule is O=C(CCl)N1CCOC(CO)C1. The van der Waals surface area contributed by atoms with Gasteiger partial charge in [0.25, 0.3) is 0 Å². The zero-order chi connectivity index (χ0) is 8.97. The van der Waals surface area contributed by atoms with Crippen molar-refractivity contribution in [2.45, 2.75) is 6.10 Å². The number of rotatable bonds is 2. The Morgan fingerprint density at radius 3 is 3.08 bits per heavy atom. The summed E-state index contributed by atoms with van der Waals surface area (Å²) in [6.07, 6.45) is -0.245. The predicted octanol–water partition coefficient (Wildman–Crippen LogP) is -0.555. The molecule has 0 spiro atoms. The average Bonchev–Trinajstić information content (AvgIpc) is 2.17. The molecule has 1 amide bonds. The molecule has 0 aromatic carbocycles. The van der Waals surface area contributed by atoms with Gasteiger partial charge in [0.1, 0.15) is 5.88 Å². The highest BCUT2D eigenvalue weighted by molar-refractivity contribution is 6.27. The number of aliphatic hydroxyl groups excluding tert-OH is 1. The fraction of sp³-hybridized carbons (Fsp3) is 0.857. The van der Waals surface area contributed by atoms with Crippen molar-refractivity contribution in [3.63, 3.8) is 0 Å². The highest BCUT2D eigenvalue weighted by atomic mass is 35.5. The third-order valence-electron chi connectivity index (χ3n) is 1.81. The molecule has 0 radical (unpaired) electrons. The van der Waals surface area contributed by atoms with Gasteiger partial charge in [-0.15, -0.1) is 11.6 Å². The Kier molecular flexibility index (Phi) is 3.78. The van der Waals surface area contributed by atoms with E-state index in [-0.39, 0.29) is 24.5 Å². The first-order valence-electron chi connectivity index (χ1n) is 3.84. The van der Waals surface area contributed by atoms with E-state index in [0.717, 1.165) is 0 Å². The summed E-state index contributed by atoms with van der Waals surface area (Å²) >= 11 is 5.38. The molecule has 12 heavy (non-hydrogen) atoms. The minimum Gasteiger partial charge on any atom is -0.394 e. The number of aliphatic hydroxyl groups is 1. The largest absolute Gasteiger partial charge is 0.394 e. The predicted molar refractivity (Wildman–Crippen MR) is 44.1 cm³/mol. The number of morpholine rings is 1. The molecule has 1 atom stereocenters. The van der Waals surface area contributed by atoms with Gasteiger partial charge in [-0.05, 0) is 0 Å². The van der Waals surface area contributed by atoms with Gasteiger partial charge < -0.3 is 14.7 Å². The quantitative estimate of drug-likeness (QED) is 0.599. The number of amides is 1. The standard InChI is InChI=1S/C7H12ClNO3/c8-3-7(11)9-1-2-12-6(4-9)5-10/h6,10H,1-5H2. The number of hydrogen-bond acceptors (Lipinski definition) is 3. The van der Waals surface area contributed by atoms with E-state index in [1.807, 2.05) is 0 Å². The molecule has 0 bridgehead atoms. The van der Waals surface area contributed by atoms with Crippen LogP contribution in [0.25, 0.3) is 0 Å². The van der Waals surface area contributed by atoms with Crippen molar-refractivity contribution in [2.75, 3.05) is 32.2 Å². The Hall–Kier alpha value is -0.320. The molecule has 0 aliphatic carbocycles. The maximum Gasteiger partial charge on any atom is 0.237 e. The van der Waals surface area contributed by atoms with Crippen LogP contribution in [0.1, 0.15) is 0 Å². The summed E-state index contributed by atoms with van der Waals surface area (Å²) in [6, 6.07) is 0. The maximum absolute atomic E-state index is 11.1. The molecule has 1 fully saturated rings. The number of carbonyl (C=O) groups is 1. The molecule has 0 aromatic rings. The Balaban J connectivity index is 2.40. The van der Waals surface area contributed by atoms with Crippen LogP contribution in [-0.2, 0) is 9.53 Å². The van der Waals surface area contributed by atoms with Crippen molar-refractivity contribution in [3.05, 3.63) is 0 Å². The number of nitrogens with zero attached hydrogens (tertiary/aromatic N) is 1. The van der Waals surface area contributed by atoms with E-state index in [9.17, 15) is 4.79 Å². The fourth-order valence-corrected chi connectivity index (χ4v) is 1.31. The number of ether oxygens (including phenoxy) is 1. The van der Waals surface area contributed by atoms with Crippen LogP contribution in [0.4, 0.5) is 0 Å². The lowest BCUT2D eigenvalue weighted by molar-refractivity contribution is -0.137. The molecule has 1 N–H and O–H groups in total. The minimum absolute atomic E-state index is 0.00184. The number of alkyl halides is 1. The van der Waals surface area contributed by atoms with E-state index < -0.39 is 0 Å². The van der Waals surface area contributed by atoms with Crippen molar-refractivity contribution in [2.24, 2.45) is 0 Å². The van der Waals surface area contributed by atoms with E-state index in [2.05, 4.69) is 0 Å². The van der Waals surface area contributed by atoms with Gasteiger partial charge in [-0.1, -0.05) is 0 Å². The van der Waals surface area contributed by atoms with Gasteiger partial charge in [-0.25, -0.2) is 0 Å². The van der Waals surface area contributed by atoms with Crippen molar-refractivity contribution < 1.29 is 14.6 Å². The van der Waals surface area contributed by atoms with E-state index in [1.54, 1.807) is 4.90 Å². The molecule has 1 rings (SSSR count). The van der Waals surface area contributed by atoms with Crippen molar-refractivity contribution in [1.82, 2.24) is 4.90 Å². The van der Waals surface area contributed by atoms with Crippen LogP contribution in [0, 0.1) is 0 Å². The van der Waals surface area contributed by atoms with Gasteiger partial charge in [0, 0.05) is 13.1 Å². The smallest absolute Gasteiger partial charge is 0.237 e. The summed E-state index contributed by atoms with van der Waals surface area (Å²) in [6.45, 7) is 1.45. The Bertz CT molecular complexity index is 165. The zero-order valence-electron chi connectivity index (χ0n) is 6.70. The highest BCUT2D eigenvalue weighted by Gasteiger charge is 2.22. The van der Waals surface area contributed by atoms with Crippen LogP contribution in [0.3, 0.4) is 0 Å². The summed E-state index contributed by atoms with van der Waals surface area (Å²) in [4.78, 5) is 12.7. The van der Waals surface area contributed by atoms with Crippen LogP contribution >= 0.6 is 11.6 Å². The average molecular weight is 194 g/mol.